The Labute approximate surface area is 67.9 Å². The van der Waals surface area contributed by atoms with Crippen LogP contribution in [-0.2, 0) is 6.54 Å². The van der Waals surface area contributed by atoms with Gasteiger partial charge in [-0.3, -0.25) is 9.88 Å². The van der Waals surface area contributed by atoms with Crippen molar-refractivity contribution in [3.63, 3.8) is 0 Å². The Kier molecular flexibility index (Phi) is 3.05. The van der Waals surface area contributed by atoms with Crippen molar-refractivity contribution in [1.82, 2.24) is 9.88 Å². The Hall–Kier alpha value is -0.890. The molecular weight excluding hydrogens is 136 g/mol. The van der Waals surface area contributed by atoms with E-state index in [-0.39, 0.29) is 0 Å². The molecule has 2 heteroatoms. The van der Waals surface area contributed by atoms with Crippen LogP contribution in [0.3, 0.4) is 0 Å². The molecule has 1 heterocycles. The average molecular weight is 149 g/mol. The number of hydrogen-bond acceptors (Lipinski definition) is 2. The Balaban J connectivity index is 2.51. The molecule has 0 unspecified atom stereocenters. The van der Waals surface area contributed by atoms with Crippen molar-refractivity contribution < 1.29 is 0 Å². The smallest absolute Gasteiger partial charge is 0.0271 e. The molecule has 0 bridgehead atoms. The van der Waals surface area contributed by atoms with Crippen LogP contribution in [0.15, 0.2) is 24.5 Å². The second kappa shape index (κ2) is 4.09. The fraction of sp³-hybridized carbons (Fsp3) is 0.333. The van der Waals surface area contributed by atoms with Gasteiger partial charge in [-0.1, -0.05) is 0 Å². The predicted molar refractivity (Wildman–Crippen MR) is 45.7 cm³/mol. The molecule has 1 radical (unpaired) electrons. The van der Waals surface area contributed by atoms with E-state index < -0.39 is 0 Å². The zero-order valence-corrected chi connectivity index (χ0v) is 6.99. The van der Waals surface area contributed by atoms with Gasteiger partial charge in [-0.2, -0.15) is 0 Å². The summed E-state index contributed by atoms with van der Waals surface area (Å²) in [6, 6.07) is 4.06. The van der Waals surface area contributed by atoms with Gasteiger partial charge in [0.05, 0.1) is 0 Å². The number of rotatable bonds is 3. The molecule has 1 aromatic rings. The Morgan fingerprint density at radius 2 is 2.09 bits per heavy atom. The minimum Gasteiger partial charge on any atom is -0.298 e. The van der Waals surface area contributed by atoms with Crippen molar-refractivity contribution in [3.05, 3.63) is 36.6 Å². The van der Waals surface area contributed by atoms with E-state index in [0.717, 1.165) is 6.54 Å². The monoisotopic (exact) mass is 149 g/mol. The van der Waals surface area contributed by atoms with E-state index in [1.54, 1.807) is 0 Å². The highest BCUT2D eigenvalue weighted by molar-refractivity contribution is 5.09. The van der Waals surface area contributed by atoms with Gasteiger partial charge in [0, 0.05) is 25.5 Å². The number of pyridine rings is 1. The first-order chi connectivity index (χ1) is 5.33. The first kappa shape index (κ1) is 8.21. The molecule has 0 fully saturated rings. The molecule has 0 aliphatic heterocycles. The van der Waals surface area contributed by atoms with Crippen LogP contribution in [0.25, 0.3) is 0 Å². The van der Waals surface area contributed by atoms with Gasteiger partial charge in [0.15, 0.2) is 0 Å². The SMILES string of the molecule is C[CH]N(C)Cc1ccncc1. The molecule has 0 atom stereocenters. The maximum Gasteiger partial charge on any atom is 0.0271 e. The lowest BCUT2D eigenvalue weighted by Gasteiger charge is -2.12. The summed E-state index contributed by atoms with van der Waals surface area (Å²) in [7, 11) is 2.06. The van der Waals surface area contributed by atoms with Gasteiger partial charge in [0.1, 0.15) is 0 Å². The number of hydrogen-bond donors (Lipinski definition) is 0. The van der Waals surface area contributed by atoms with Gasteiger partial charge in [-0.25, -0.2) is 0 Å². The molecule has 0 N–H and O–H groups in total. The summed E-state index contributed by atoms with van der Waals surface area (Å²) in [6.45, 7) is 5.04. The highest BCUT2D eigenvalue weighted by atomic mass is 15.1. The molecule has 0 aromatic carbocycles. The van der Waals surface area contributed by atoms with Gasteiger partial charge in [-0.05, 0) is 31.7 Å². The minimum atomic E-state index is 0.957. The molecular formula is C9H13N2. The molecule has 11 heavy (non-hydrogen) atoms. The molecule has 2 nitrogen and oxygen atoms in total. The molecule has 0 saturated heterocycles. The topological polar surface area (TPSA) is 16.1 Å². The van der Waals surface area contributed by atoms with Crippen LogP contribution in [0.4, 0.5) is 0 Å². The number of nitrogens with zero attached hydrogens (tertiary/aromatic N) is 2. The van der Waals surface area contributed by atoms with Crippen LogP contribution in [0.1, 0.15) is 12.5 Å². The van der Waals surface area contributed by atoms with Crippen LogP contribution in [0.5, 0.6) is 0 Å². The highest BCUT2D eigenvalue weighted by Gasteiger charge is 1.95. The second-order valence-electron chi connectivity index (χ2n) is 2.53. The maximum atomic E-state index is 3.95. The van der Waals surface area contributed by atoms with Crippen molar-refractivity contribution in [3.8, 4) is 0 Å². The van der Waals surface area contributed by atoms with E-state index in [2.05, 4.69) is 23.5 Å². The predicted octanol–water partition coefficient (Wildman–Crippen LogP) is 1.70. The third-order valence-corrected chi connectivity index (χ3v) is 1.62. The average Bonchev–Trinajstić information content (AvgIpc) is 2.06. The highest BCUT2D eigenvalue weighted by Crippen LogP contribution is 2.01. The maximum absolute atomic E-state index is 3.95. The molecule has 0 spiro atoms. The molecule has 0 amide bonds. The summed E-state index contributed by atoms with van der Waals surface area (Å²) >= 11 is 0. The molecule has 0 saturated carbocycles. The van der Waals surface area contributed by atoms with Gasteiger partial charge < -0.3 is 0 Å². The van der Waals surface area contributed by atoms with Gasteiger partial charge in [-0.15, -0.1) is 0 Å². The van der Waals surface area contributed by atoms with Crippen LogP contribution < -0.4 is 0 Å². The lowest BCUT2D eigenvalue weighted by Crippen LogP contribution is -2.12. The van der Waals surface area contributed by atoms with E-state index in [1.165, 1.54) is 5.56 Å². The Morgan fingerprint density at radius 3 is 2.64 bits per heavy atom. The number of aromatic nitrogens is 1. The molecule has 0 aliphatic rings. The van der Waals surface area contributed by atoms with Crippen LogP contribution in [-0.4, -0.2) is 16.9 Å². The normalized spacial score (nSPS) is 10.5. The lowest BCUT2D eigenvalue weighted by atomic mass is 10.2. The standard InChI is InChI=1S/C9H13N2/c1-3-11(2)8-9-4-6-10-7-5-9/h3-7H,8H2,1-2H3. The van der Waals surface area contributed by atoms with Crippen LogP contribution in [0, 0.1) is 6.54 Å². The van der Waals surface area contributed by atoms with E-state index in [4.69, 9.17) is 0 Å². The first-order valence-corrected chi connectivity index (χ1v) is 3.71. The third kappa shape index (κ3) is 2.68. The zero-order chi connectivity index (χ0) is 8.10. The largest absolute Gasteiger partial charge is 0.298 e. The first-order valence-electron chi connectivity index (χ1n) is 3.71. The summed E-state index contributed by atoms with van der Waals surface area (Å²) in [6.07, 6.45) is 3.64. The minimum absolute atomic E-state index is 0.957. The fourth-order valence-corrected chi connectivity index (χ4v) is 0.867. The van der Waals surface area contributed by atoms with Crippen molar-refractivity contribution in [2.45, 2.75) is 13.5 Å². The molecule has 59 valence electrons. The molecule has 1 rings (SSSR count). The van der Waals surface area contributed by atoms with Crippen molar-refractivity contribution >= 4 is 0 Å². The van der Waals surface area contributed by atoms with Gasteiger partial charge >= 0.3 is 0 Å². The quantitative estimate of drug-likeness (QED) is 0.650. The molecule has 1 aromatic heterocycles. The van der Waals surface area contributed by atoms with E-state index in [9.17, 15) is 0 Å². The van der Waals surface area contributed by atoms with E-state index in [1.807, 2.05) is 31.5 Å². The molecule has 0 aliphatic carbocycles. The fourth-order valence-electron chi connectivity index (χ4n) is 0.867. The lowest BCUT2D eigenvalue weighted by molar-refractivity contribution is 0.404. The summed E-state index contributed by atoms with van der Waals surface area (Å²) in [5.41, 5.74) is 1.29. The van der Waals surface area contributed by atoms with Gasteiger partial charge in [0.25, 0.3) is 0 Å². The summed E-state index contributed by atoms with van der Waals surface area (Å²) in [4.78, 5) is 6.08. The summed E-state index contributed by atoms with van der Waals surface area (Å²) in [5.74, 6) is 0. The van der Waals surface area contributed by atoms with Gasteiger partial charge in [0.2, 0.25) is 0 Å². The third-order valence-electron chi connectivity index (χ3n) is 1.62. The summed E-state index contributed by atoms with van der Waals surface area (Å²) in [5, 5.41) is 0. The van der Waals surface area contributed by atoms with Crippen LogP contribution >= 0.6 is 0 Å². The van der Waals surface area contributed by atoms with Crippen molar-refractivity contribution in [2.75, 3.05) is 7.05 Å². The Morgan fingerprint density at radius 1 is 1.45 bits per heavy atom. The van der Waals surface area contributed by atoms with Crippen LogP contribution in [0.2, 0.25) is 0 Å². The summed E-state index contributed by atoms with van der Waals surface area (Å²) < 4.78 is 0. The Bertz CT molecular complexity index is 196. The van der Waals surface area contributed by atoms with Crippen molar-refractivity contribution in [1.29, 1.82) is 0 Å². The van der Waals surface area contributed by atoms with E-state index in [0.29, 0.717) is 0 Å². The van der Waals surface area contributed by atoms with E-state index >= 15 is 0 Å². The zero-order valence-electron chi connectivity index (χ0n) is 6.99. The second-order valence-corrected chi connectivity index (χ2v) is 2.53. The van der Waals surface area contributed by atoms with Crippen molar-refractivity contribution in [2.24, 2.45) is 0 Å².